The van der Waals surface area contributed by atoms with Crippen LogP contribution in [0.4, 0.5) is 0 Å². The van der Waals surface area contributed by atoms with E-state index in [0.717, 1.165) is 95.2 Å². The summed E-state index contributed by atoms with van der Waals surface area (Å²) in [4.78, 5) is 25.4. The van der Waals surface area contributed by atoms with Crippen molar-refractivity contribution >= 4 is 5.91 Å². The third-order valence-electron chi connectivity index (χ3n) is 10.9. The van der Waals surface area contributed by atoms with Crippen LogP contribution in [0.1, 0.15) is 75.5 Å². The number of ether oxygens (including phenoxy) is 2. The van der Waals surface area contributed by atoms with Crippen molar-refractivity contribution in [3.63, 3.8) is 0 Å². The van der Waals surface area contributed by atoms with Gasteiger partial charge in [0, 0.05) is 62.9 Å². The first-order valence-electron chi connectivity index (χ1n) is 18.6. The van der Waals surface area contributed by atoms with E-state index in [9.17, 15) is 4.79 Å². The normalized spacial score (nSPS) is 18.0. The molecule has 3 heterocycles. The fourth-order valence-corrected chi connectivity index (χ4v) is 8.33. The van der Waals surface area contributed by atoms with Gasteiger partial charge in [0.25, 0.3) is 0 Å². The van der Waals surface area contributed by atoms with Crippen LogP contribution in [-0.2, 0) is 21.5 Å². The molecule has 3 aromatic rings. The van der Waals surface area contributed by atoms with Crippen molar-refractivity contribution in [1.82, 2.24) is 19.7 Å². The number of methoxy groups -OCH3 is 1. The van der Waals surface area contributed by atoms with Crippen LogP contribution in [0.25, 0.3) is 0 Å². The van der Waals surface area contributed by atoms with E-state index in [1.165, 1.54) is 31.2 Å². The molecule has 2 aromatic carbocycles. The topological polar surface area (TPSA) is 84.2 Å². The van der Waals surface area contributed by atoms with Crippen molar-refractivity contribution in [3.8, 4) is 5.75 Å². The molecule has 2 fully saturated rings. The summed E-state index contributed by atoms with van der Waals surface area (Å²) in [6.45, 7) is 13.4. The number of pyridine rings is 1. The van der Waals surface area contributed by atoms with E-state index in [0.29, 0.717) is 12.1 Å². The van der Waals surface area contributed by atoms with Crippen LogP contribution in [0.5, 0.6) is 5.75 Å². The lowest BCUT2D eigenvalue weighted by Gasteiger charge is -2.40. The molecule has 8 nitrogen and oxygen atoms in total. The lowest BCUT2D eigenvalue weighted by atomic mass is 9.64. The second-order valence-corrected chi connectivity index (χ2v) is 14.2. The molecule has 266 valence electrons. The first kappa shape index (κ1) is 37.0. The number of benzene rings is 2. The zero-order valence-electron chi connectivity index (χ0n) is 30.1. The molecule has 1 amide bonds. The highest BCUT2D eigenvalue weighted by atomic mass is 16.5. The molecule has 2 N–H and O–H groups in total. The number of hydrogen-bond donors (Lipinski definition) is 1. The molecular formula is C41H59N5O3. The van der Waals surface area contributed by atoms with Gasteiger partial charge in [0.2, 0.25) is 5.91 Å². The van der Waals surface area contributed by atoms with Crippen molar-refractivity contribution in [2.24, 2.45) is 11.7 Å². The predicted octanol–water partition coefficient (Wildman–Crippen LogP) is 6.14. The van der Waals surface area contributed by atoms with Crippen LogP contribution in [0.2, 0.25) is 0 Å². The number of carbonyl (C=O) groups excluding carboxylic acids is 1. The molecule has 1 atom stereocenters. The van der Waals surface area contributed by atoms with E-state index in [1.807, 2.05) is 48.7 Å². The minimum atomic E-state index is -0.828. The maximum Gasteiger partial charge on any atom is 0.232 e. The lowest BCUT2D eigenvalue weighted by molar-refractivity contribution is -0.123. The minimum absolute atomic E-state index is 0.129. The van der Waals surface area contributed by atoms with Crippen molar-refractivity contribution in [2.45, 2.75) is 82.8 Å². The maximum absolute atomic E-state index is 13.3. The van der Waals surface area contributed by atoms with Gasteiger partial charge in [0.15, 0.2) is 0 Å². The molecule has 0 saturated carbocycles. The van der Waals surface area contributed by atoms with Gasteiger partial charge >= 0.3 is 0 Å². The summed E-state index contributed by atoms with van der Waals surface area (Å²) in [5.74, 6) is 0.797. The van der Waals surface area contributed by atoms with Crippen LogP contribution in [-0.4, -0.2) is 97.3 Å². The van der Waals surface area contributed by atoms with Gasteiger partial charge in [-0.2, -0.15) is 0 Å². The van der Waals surface area contributed by atoms with Crippen LogP contribution in [0, 0.1) is 5.92 Å². The van der Waals surface area contributed by atoms with Gasteiger partial charge in [0.05, 0.1) is 7.11 Å². The first-order chi connectivity index (χ1) is 23.9. The molecule has 0 radical (unpaired) electrons. The number of unbranched alkanes of at least 4 members (excludes halogenated alkanes) is 2. The highest BCUT2D eigenvalue weighted by molar-refractivity contribution is 5.91. The van der Waals surface area contributed by atoms with E-state index in [2.05, 4.69) is 57.8 Å². The number of aromatic nitrogens is 1. The van der Waals surface area contributed by atoms with Crippen LogP contribution < -0.4 is 10.5 Å². The van der Waals surface area contributed by atoms with Gasteiger partial charge in [-0.15, -0.1) is 0 Å². The van der Waals surface area contributed by atoms with Crippen molar-refractivity contribution in [3.05, 3.63) is 95.8 Å². The Hall–Kier alpha value is -3.30. The Morgan fingerprint density at radius 3 is 2.18 bits per heavy atom. The number of nitrogens with zero attached hydrogens (tertiary/aromatic N) is 4. The lowest BCUT2D eigenvalue weighted by Crippen LogP contribution is -2.49. The van der Waals surface area contributed by atoms with Crippen molar-refractivity contribution in [2.75, 3.05) is 59.6 Å². The average molecular weight is 670 g/mol. The summed E-state index contributed by atoms with van der Waals surface area (Å²) >= 11 is 0. The van der Waals surface area contributed by atoms with E-state index < -0.39 is 5.41 Å². The zero-order valence-corrected chi connectivity index (χ0v) is 30.1. The SMILES string of the molecule is COc1ccncc1CN1CCC(N(CCCCCOCCCN2CC[C@@H](C(C(N)=O)(c3ccccc3)c3ccccc3)C2)C(C)C)CC1. The van der Waals surface area contributed by atoms with Crippen LogP contribution >= 0.6 is 0 Å². The molecule has 5 rings (SSSR count). The second-order valence-electron chi connectivity index (χ2n) is 14.2. The number of primary amides is 1. The van der Waals surface area contributed by atoms with E-state index in [-0.39, 0.29) is 11.8 Å². The maximum atomic E-state index is 13.3. The summed E-state index contributed by atoms with van der Waals surface area (Å²) in [6.07, 6.45) is 11.6. The standard InChI is InChI=1S/C41H59N5O3/c1-33(2)46(38-20-26-45(27-21-38)31-34-30-43-22-18-39(34)48-3)24-11-6-12-28-49-29-13-23-44-25-19-37(32-44)41(40(42)47,35-14-7-4-8-15-35)36-16-9-5-10-17-36/h4-5,7-10,14-18,22,30,33,37-38H,6,11-13,19-21,23-29,31-32H2,1-3H3,(H2,42,47)/t37-/m1/s1. The zero-order chi connectivity index (χ0) is 34.5. The van der Waals surface area contributed by atoms with Gasteiger partial charge in [-0.3, -0.25) is 19.6 Å². The summed E-state index contributed by atoms with van der Waals surface area (Å²) in [7, 11) is 1.74. The van der Waals surface area contributed by atoms with E-state index in [4.69, 9.17) is 15.2 Å². The van der Waals surface area contributed by atoms with Gasteiger partial charge in [-0.25, -0.2) is 0 Å². The molecular weight excluding hydrogens is 610 g/mol. The third kappa shape index (κ3) is 9.48. The summed E-state index contributed by atoms with van der Waals surface area (Å²) in [6, 6.07) is 23.4. The van der Waals surface area contributed by atoms with Gasteiger partial charge < -0.3 is 20.1 Å². The predicted molar refractivity (Wildman–Crippen MR) is 198 cm³/mol. The van der Waals surface area contributed by atoms with Gasteiger partial charge in [0.1, 0.15) is 11.2 Å². The molecule has 0 spiro atoms. The Morgan fingerprint density at radius 2 is 1.55 bits per heavy atom. The smallest absolute Gasteiger partial charge is 0.232 e. The molecule has 0 bridgehead atoms. The Balaban J connectivity index is 0.979. The summed E-state index contributed by atoms with van der Waals surface area (Å²) in [5, 5.41) is 0. The second kappa shape index (κ2) is 18.6. The summed E-state index contributed by atoms with van der Waals surface area (Å²) < 4.78 is 11.6. The van der Waals surface area contributed by atoms with Crippen LogP contribution in [0.3, 0.4) is 0 Å². The Kier molecular flexibility index (Phi) is 14.1. The molecule has 2 aliphatic heterocycles. The molecule has 8 heteroatoms. The van der Waals surface area contributed by atoms with E-state index >= 15 is 0 Å². The molecule has 2 saturated heterocycles. The Labute approximate surface area is 295 Å². The quantitative estimate of drug-likeness (QED) is 0.154. The average Bonchev–Trinajstić information content (AvgIpc) is 3.59. The fraction of sp³-hybridized carbons (Fsp3) is 0.561. The number of likely N-dealkylation sites (tertiary alicyclic amines) is 2. The van der Waals surface area contributed by atoms with Gasteiger partial charge in [-0.05, 0) is 108 Å². The highest BCUT2D eigenvalue weighted by Crippen LogP contribution is 2.43. The molecule has 0 aliphatic carbocycles. The molecule has 2 aliphatic rings. The highest BCUT2D eigenvalue weighted by Gasteiger charge is 2.49. The number of nitrogens with two attached hydrogens (primary N) is 1. The Bertz CT molecular complexity index is 1360. The monoisotopic (exact) mass is 669 g/mol. The molecule has 1 aromatic heterocycles. The largest absolute Gasteiger partial charge is 0.496 e. The molecule has 0 unspecified atom stereocenters. The minimum Gasteiger partial charge on any atom is -0.496 e. The van der Waals surface area contributed by atoms with Gasteiger partial charge in [-0.1, -0.05) is 60.7 Å². The number of hydrogen-bond acceptors (Lipinski definition) is 7. The fourth-order valence-electron chi connectivity index (χ4n) is 8.33. The van der Waals surface area contributed by atoms with Crippen LogP contribution in [0.15, 0.2) is 79.1 Å². The first-order valence-corrected chi connectivity index (χ1v) is 18.6. The molecule has 49 heavy (non-hydrogen) atoms. The van der Waals surface area contributed by atoms with Crippen molar-refractivity contribution < 1.29 is 14.3 Å². The summed E-state index contributed by atoms with van der Waals surface area (Å²) in [5.41, 5.74) is 8.59. The number of carbonyl (C=O) groups is 1. The number of rotatable bonds is 19. The van der Waals surface area contributed by atoms with E-state index in [1.54, 1.807) is 13.3 Å². The third-order valence-corrected chi connectivity index (χ3v) is 10.9. The number of piperidine rings is 1. The number of amides is 1. The Morgan fingerprint density at radius 1 is 0.898 bits per heavy atom. The van der Waals surface area contributed by atoms with Crippen molar-refractivity contribution in [1.29, 1.82) is 0 Å².